The standard InChI is InChI=1S/C15H22N2O2/c1-19-15-5-2-10(6-14(15)18)9-17-12-3-4-13(17)8-11(16)7-12/h2,5-6,11-13,18H,3-4,7-9,16H2,1H3. The Labute approximate surface area is 114 Å². The first-order valence-electron chi connectivity index (χ1n) is 7.04. The zero-order chi connectivity index (χ0) is 13.4. The van der Waals surface area contributed by atoms with E-state index in [4.69, 9.17) is 10.5 Å². The molecular weight excluding hydrogens is 240 g/mol. The number of fused-ring (bicyclic) bond motifs is 2. The molecule has 2 fully saturated rings. The minimum atomic E-state index is 0.223. The van der Waals surface area contributed by atoms with Crippen LogP contribution in [0, 0.1) is 0 Å². The van der Waals surface area contributed by atoms with Gasteiger partial charge in [-0.3, -0.25) is 4.90 Å². The van der Waals surface area contributed by atoms with Crippen molar-refractivity contribution in [2.75, 3.05) is 7.11 Å². The molecule has 0 spiro atoms. The molecule has 4 heteroatoms. The fourth-order valence-electron chi connectivity index (χ4n) is 3.62. The quantitative estimate of drug-likeness (QED) is 0.873. The van der Waals surface area contributed by atoms with E-state index in [1.54, 1.807) is 7.11 Å². The number of piperidine rings is 1. The second-order valence-corrected chi connectivity index (χ2v) is 5.80. The number of ether oxygens (including phenoxy) is 1. The fourth-order valence-corrected chi connectivity index (χ4v) is 3.62. The van der Waals surface area contributed by atoms with Crippen molar-refractivity contribution in [2.45, 2.75) is 50.4 Å². The molecule has 0 aliphatic carbocycles. The predicted molar refractivity (Wildman–Crippen MR) is 74.2 cm³/mol. The van der Waals surface area contributed by atoms with Crippen LogP contribution in [0.2, 0.25) is 0 Å². The molecular formula is C15H22N2O2. The highest BCUT2D eigenvalue weighted by atomic mass is 16.5. The molecule has 3 rings (SSSR count). The molecule has 2 heterocycles. The lowest BCUT2D eigenvalue weighted by Crippen LogP contribution is -2.46. The van der Waals surface area contributed by atoms with Gasteiger partial charge < -0.3 is 15.6 Å². The molecule has 0 radical (unpaired) electrons. The van der Waals surface area contributed by atoms with Gasteiger partial charge in [-0.25, -0.2) is 0 Å². The third-order valence-electron chi connectivity index (χ3n) is 4.53. The van der Waals surface area contributed by atoms with E-state index in [2.05, 4.69) is 4.90 Å². The second kappa shape index (κ2) is 5.02. The molecule has 0 saturated carbocycles. The summed E-state index contributed by atoms with van der Waals surface area (Å²) in [5.74, 6) is 0.758. The second-order valence-electron chi connectivity index (χ2n) is 5.80. The lowest BCUT2D eigenvalue weighted by Gasteiger charge is -2.37. The summed E-state index contributed by atoms with van der Waals surface area (Å²) in [6.07, 6.45) is 4.75. The van der Waals surface area contributed by atoms with Crippen LogP contribution in [-0.2, 0) is 6.54 Å². The van der Waals surface area contributed by atoms with Crippen LogP contribution in [0.5, 0.6) is 11.5 Å². The van der Waals surface area contributed by atoms with Crippen LogP contribution >= 0.6 is 0 Å². The van der Waals surface area contributed by atoms with Gasteiger partial charge in [-0.2, -0.15) is 0 Å². The molecule has 2 saturated heterocycles. The predicted octanol–water partition coefficient (Wildman–Crippen LogP) is 1.85. The summed E-state index contributed by atoms with van der Waals surface area (Å²) in [6, 6.07) is 7.30. The molecule has 1 aromatic carbocycles. The topological polar surface area (TPSA) is 58.7 Å². The summed E-state index contributed by atoms with van der Waals surface area (Å²) in [4.78, 5) is 2.56. The molecule has 0 aromatic heterocycles. The monoisotopic (exact) mass is 262 g/mol. The zero-order valence-electron chi connectivity index (χ0n) is 11.4. The Bertz CT molecular complexity index is 449. The molecule has 1 aromatic rings. The van der Waals surface area contributed by atoms with E-state index in [0.29, 0.717) is 23.9 Å². The number of phenols is 1. The van der Waals surface area contributed by atoms with Gasteiger partial charge in [-0.1, -0.05) is 6.07 Å². The van der Waals surface area contributed by atoms with Gasteiger partial charge in [-0.05, 0) is 43.4 Å². The van der Waals surface area contributed by atoms with Crippen molar-refractivity contribution in [1.29, 1.82) is 0 Å². The zero-order valence-corrected chi connectivity index (χ0v) is 11.4. The van der Waals surface area contributed by atoms with Gasteiger partial charge in [0.25, 0.3) is 0 Å². The average Bonchev–Trinajstić information content (AvgIpc) is 2.62. The van der Waals surface area contributed by atoms with E-state index in [-0.39, 0.29) is 5.75 Å². The first-order chi connectivity index (χ1) is 9.17. The molecule has 0 amide bonds. The van der Waals surface area contributed by atoms with Gasteiger partial charge in [0, 0.05) is 24.7 Å². The van der Waals surface area contributed by atoms with Crippen molar-refractivity contribution in [2.24, 2.45) is 5.73 Å². The molecule has 2 atom stereocenters. The Kier molecular flexibility index (Phi) is 3.37. The van der Waals surface area contributed by atoms with Crippen LogP contribution in [0.1, 0.15) is 31.2 Å². The maximum Gasteiger partial charge on any atom is 0.160 e. The molecule has 2 unspecified atom stereocenters. The Hall–Kier alpha value is -1.26. The molecule has 104 valence electrons. The first kappa shape index (κ1) is 12.8. The van der Waals surface area contributed by atoms with E-state index < -0.39 is 0 Å². The summed E-state index contributed by atoms with van der Waals surface area (Å²) >= 11 is 0. The van der Waals surface area contributed by atoms with Gasteiger partial charge in [0.05, 0.1) is 7.11 Å². The van der Waals surface area contributed by atoms with Gasteiger partial charge in [0.15, 0.2) is 11.5 Å². The number of hydrogen-bond donors (Lipinski definition) is 2. The molecule has 2 aliphatic rings. The third-order valence-corrected chi connectivity index (χ3v) is 4.53. The van der Waals surface area contributed by atoms with Gasteiger partial charge in [-0.15, -0.1) is 0 Å². The first-order valence-corrected chi connectivity index (χ1v) is 7.04. The van der Waals surface area contributed by atoms with E-state index in [1.165, 1.54) is 12.8 Å². The van der Waals surface area contributed by atoms with Crippen molar-refractivity contribution in [3.05, 3.63) is 23.8 Å². The van der Waals surface area contributed by atoms with E-state index in [1.807, 2.05) is 18.2 Å². The van der Waals surface area contributed by atoms with Crippen LogP contribution < -0.4 is 10.5 Å². The average molecular weight is 262 g/mol. The summed E-state index contributed by atoms with van der Waals surface area (Å²) < 4.78 is 5.08. The van der Waals surface area contributed by atoms with Crippen molar-refractivity contribution >= 4 is 0 Å². The highest BCUT2D eigenvalue weighted by Gasteiger charge is 2.39. The summed E-state index contributed by atoms with van der Waals surface area (Å²) in [6.45, 7) is 0.902. The number of phenolic OH excluding ortho intramolecular Hbond substituents is 1. The summed E-state index contributed by atoms with van der Waals surface area (Å²) in [7, 11) is 1.57. The molecule has 2 bridgehead atoms. The lowest BCUT2D eigenvalue weighted by molar-refractivity contribution is 0.120. The van der Waals surface area contributed by atoms with Crippen LogP contribution in [0.3, 0.4) is 0 Å². The van der Waals surface area contributed by atoms with Crippen molar-refractivity contribution in [3.63, 3.8) is 0 Å². The van der Waals surface area contributed by atoms with Crippen molar-refractivity contribution in [3.8, 4) is 11.5 Å². The van der Waals surface area contributed by atoms with Crippen molar-refractivity contribution in [1.82, 2.24) is 4.90 Å². The molecule has 19 heavy (non-hydrogen) atoms. The number of hydrogen-bond acceptors (Lipinski definition) is 4. The van der Waals surface area contributed by atoms with Crippen LogP contribution in [0.25, 0.3) is 0 Å². The summed E-state index contributed by atoms with van der Waals surface area (Å²) in [5, 5.41) is 9.85. The smallest absolute Gasteiger partial charge is 0.160 e. The molecule has 3 N–H and O–H groups in total. The van der Waals surface area contributed by atoms with E-state index in [9.17, 15) is 5.11 Å². The van der Waals surface area contributed by atoms with E-state index >= 15 is 0 Å². The highest BCUT2D eigenvalue weighted by Crippen LogP contribution is 2.37. The number of methoxy groups -OCH3 is 1. The normalized spacial score (nSPS) is 30.5. The fraction of sp³-hybridized carbons (Fsp3) is 0.600. The Morgan fingerprint density at radius 2 is 2.00 bits per heavy atom. The molecule has 4 nitrogen and oxygen atoms in total. The highest BCUT2D eigenvalue weighted by molar-refractivity contribution is 5.41. The van der Waals surface area contributed by atoms with Crippen LogP contribution in [0.15, 0.2) is 18.2 Å². The Morgan fingerprint density at radius 3 is 2.58 bits per heavy atom. The minimum Gasteiger partial charge on any atom is -0.504 e. The maximum atomic E-state index is 9.85. The third kappa shape index (κ3) is 2.42. The van der Waals surface area contributed by atoms with Crippen LogP contribution in [0.4, 0.5) is 0 Å². The van der Waals surface area contributed by atoms with E-state index in [0.717, 1.165) is 24.9 Å². The largest absolute Gasteiger partial charge is 0.504 e. The Morgan fingerprint density at radius 1 is 1.32 bits per heavy atom. The molecule has 2 aliphatic heterocycles. The number of benzene rings is 1. The maximum absolute atomic E-state index is 9.85. The number of nitrogens with zero attached hydrogens (tertiary/aromatic N) is 1. The van der Waals surface area contributed by atoms with Gasteiger partial charge in [0.1, 0.15) is 0 Å². The Balaban J connectivity index is 1.73. The van der Waals surface area contributed by atoms with Gasteiger partial charge in [0.2, 0.25) is 0 Å². The number of aromatic hydroxyl groups is 1. The van der Waals surface area contributed by atoms with Gasteiger partial charge >= 0.3 is 0 Å². The van der Waals surface area contributed by atoms with Crippen LogP contribution in [-0.4, -0.2) is 35.2 Å². The SMILES string of the molecule is COc1ccc(CN2C3CCC2CC(N)C3)cc1O. The number of rotatable bonds is 3. The van der Waals surface area contributed by atoms with Crippen molar-refractivity contribution < 1.29 is 9.84 Å². The summed E-state index contributed by atoms with van der Waals surface area (Å²) in [5.41, 5.74) is 7.23. The number of nitrogens with two attached hydrogens (primary N) is 1. The minimum absolute atomic E-state index is 0.223. The lowest BCUT2D eigenvalue weighted by atomic mass is 9.97.